The van der Waals surface area contributed by atoms with Crippen LogP contribution in [0.5, 0.6) is 0 Å². The molecular weight excluding hydrogens is 212 g/mol. The van der Waals surface area contributed by atoms with Crippen LogP contribution in [0.3, 0.4) is 0 Å². The first-order valence-electron chi connectivity index (χ1n) is 7.15. The molecule has 0 aromatic rings. The third-order valence-corrected chi connectivity index (χ3v) is 4.06. The number of piperidine rings is 1. The molecule has 0 aromatic heterocycles. The maximum absolute atomic E-state index is 12.0. The molecule has 1 atom stereocenters. The van der Waals surface area contributed by atoms with Crippen LogP contribution in [0.4, 0.5) is 0 Å². The maximum atomic E-state index is 12.0. The van der Waals surface area contributed by atoms with Crippen molar-refractivity contribution >= 4 is 5.91 Å². The lowest BCUT2D eigenvalue weighted by Crippen LogP contribution is -2.38. The van der Waals surface area contributed by atoms with Gasteiger partial charge in [-0.05, 0) is 44.1 Å². The summed E-state index contributed by atoms with van der Waals surface area (Å²) >= 11 is 0. The lowest BCUT2D eigenvalue weighted by Gasteiger charge is -2.30. The normalized spacial score (nSPS) is 19.4. The largest absolute Gasteiger partial charge is 0.343 e. The molecule has 0 bridgehead atoms. The predicted molar refractivity (Wildman–Crippen MR) is 71.7 cm³/mol. The maximum Gasteiger partial charge on any atom is 0.222 e. The van der Waals surface area contributed by atoms with E-state index in [2.05, 4.69) is 18.7 Å². The smallest absolute Gasteiger partial charge is 0.222 e. The van der Waals surface area contributed by atoms with Crippen molar-refractivity contribution in [2.45, 2.75) is 52.4 Å². The molecule has 1 unspecified atom stereocenters. The van der Waals surface area contributed by atoms with Crippen molar-refractivity contribution in [3.63, 3.8) is 0 Å². The quantitative estimate of drug-likeness (QED) is 0.775. The standard InChI is InChI=1S/C14H28N2O/c1-3-13(6-9-15)4-5-14(17)16-10-7-12(2)8-11-16/h12-13H,3-11,15H2,1-2H3. The molecule has 1 amide bonds. The van der Waals surface area contributed by atoms with Gasteiger partial charge in [-0.15, -0.1) is 0 Å². The van der Waals surface area contributed by atoms with Crippen LogP contribution in [-0.2, 0) is 4.79 Å². The van der Waals surface area contributed by atoms with Gasteiger partial charge in [0.05, 0.1) is 0 Å². The second kappa shape index (κ2) is 7.70. The lowest BCUT2D eigenvalue weighted by atomic mass is 9.95. The Morgan fingerprint density at radius 1 is 1.35 bits per heavy atom. The van der Waals surface area contributed by atoms with Crippen molar-refractivity contribution in [2.75, 3.05) is 19.6 Å². The van der Waals surface area contributed by atoms with Gasteiger partial charge in [0.25, 0.3) is 0 Å². The van der Waals surface area contributed by atoms with E-state index in [0.29, 0.717) is 18.2 Å². The molecule has 100 valence electrons. The van der Waals surface area contributed by atoms with Gasteiger partial charge in [-0.2, -0.15) is 0 Å². The Balaban J connectivity index is 2.24. The Bertz CT molecular complexity index is 222. The fraction of sp³-hybridized carbons (Fsp3) is 0.929. The van der Waals surface area contributed by atoms with Crippen molar-refractivity contribution in [2.24, 2.45) is 17.6 Å². The molecule has 3 heteroatoms. The Morgan fingerprint density at radius 2 is 2.00 bits per heavy atom. The van der Waals surface area contributed by atoms with Crippen LogP contribution in [0.15, 0.2) is 0 Å². The second-order valence-electron chi connectivity index (χ2n) is 5.45. The Hall–Kier alpha value is -0.570. The van der Waals surface area contributed by atoms with Crippen LogP contribution < -0.4 is 5.73 Å². The highest BCUT2D eigenvalue weighted by molar-refractivity contribution is 5.76. The second-order valence-corrected chi connectivity index (χ2v) is 5.45. The first kappa shape index (κ1) is 14.5. The van der Waals surface area contributed by atoms with Gasteiger partial charge in [0.2, 0.25) is 5.91 Å². The molecular formula is C14H28N2O. The van der Waals surface area contributed by atoms with Crippen molar-refractivity contribution in [3.05, 3.63) is 0 Å². The molecule has 2 N–H and O–H groups in total. The molecule has 3 nitrogen and oxygen atoms in total. The van der Waals surface area contributed by atoms with Crippen molar-refractivity contribution in [3.8, 4) is 0 Å². The van der Waals surface area contributed by atoms with E-state index in [-0.39, 0.29) is 0 Å². The van der Waals surface area contributed by atoms with Gasteiger partial charge in [0.15, 0.2) is 0 Å². The van der Waals surface area contributed by atoms with Crippen LogP contribution in [0.25, 0.3) is 0 Å². The van der Waals surface area contributed by atoms with Crippen LogP contribution in [0.2, 0.25) is 0 Å². The number of amides is 1. The zero-order valence-corrected chi connectivity index (χ0v) is 11.5. The number of hydrogen-bond acceptors (Lipinski definition) is 2. The number of carbonyl (C=O) groups excluding carboxylic acids is 1. The van der Waals surface area contributed by atoms with Gasteiger partial charge in [0, 0.05) is 19.5 Å². The van der Waals surface area contributed by atoms with E-state index in [4.69, 9.17) is 5.73 Å². The highest BCUT2D eigenvalue weighted by atomic mass is 16.2. The first-order valence-corrected chi connectivity index (χ1v) is 7.15. The first-order chi connectivity index (χ1) is 8.17. The van der Waals surface area contributed by atoms with Crippen LogP contribution in [-0.4, -0.2) is 30.4 Å². The van der Waals surface area contributed by atoms with Gasteiger partial charge in [-0.1, -0.05) is 20.3 Å². The van der Waals surface area contributed by atoms with Crippen LogP contribution >= 0.6 is 0 Å². The molecule has 0 aliphatic carbocycles. The van der Waals surface area contributed by atoms with Gasteiger partial charge >= 0.3 is 0 Å². The summed E-state index contributed by atoms with van der Waals surface area (Å²) in [6, 6.07) is 0. The SMILES string of the molecule is CCC(CCN)CCC(=O)N1CCC(C)CC1. The van der Waals surface area contributed by atoms with E-state index in [1.165, 1.54) is 12.8 Å². The summed E-state index contributed by atoms with van der Waals surface area (Å²) in [6.07, 6.45) is 6.27. The third kappa shape index (κ3) is 5.07. The number of hydrogen-bond donors (Lipinski definition) is 1. The van der Waals surface area contributed by atoms with Crippen molar-refractivity contribution < 1.29 is 4.79 Å². The van der Waals surface area contributed by atoms with E-state index in [1.807, 2.05) is 0 Å². The fourth-order valence-corrected chi connectivity index (χ4v) is 2.53. The minimum Gasteiger partial charge on any atom is -0.343 e. The summed E-state index contributed by atoms with van der Waals surface area (Å²) in [5.41, 5.74) is 5.57. The molecule has 1 fully saturated rings. The number of nitrogens with two attached hydrogens (primary N) is 1. The minimum atomic E-state index is 0.354. The topological polar surface area (TPSA) is 46.3 Å². The average molecular weight is 240 g/mol. The predicted octanol–water partition coefficient (Wildman–Crippen LogP) is 2.40. The summed E-state index contributed by atoms with van der Waals surface area (Å²) in [5.74, 6) is 1.78. The van der Waals surface area contributed by atoms with Gasteiger partial charge in [0.1, 0.15) is 0 Å². The Kier molecular flexibility index (Phi) is 6.56. The highest BCUT2D eigenvalue weighted by Crippen LogP contribution is 2.19. The molecule has 0 spiro atoms. The third-order valence-electron chi connectivity index (χ3n) is 4.06. The molecule has 17 heavy (non-hydrogen) atoms. The number of likely N-dealkylation sites (tertiary alicyclic amines) is 1. The summed E-state index contributed by atoms with van der Waals surface area (Å²) in [5, 5.41) is 0. The van der Waals surface area contributed by atoms with Crippen molar-refractivity contribution in [1.29, 1.82) is 0 Å². The van der Waals surface area contributed by atoms with Gasteiger partial charge < -0.3 is 10.6 Å². The van der Waals surface area contributed by atoms with Crippen LogP contribution in [0.1, 0.15) is 52.4 Å². The molecule has 1 saturated heterocycles. The molecule has 1 heterocycles. The molecule has 1 rings (SSSR count). The number of carbonyl (C=O) groups is 1. The van der Waals surface area contributed by atoms with Gasteiger partial charge in [-0.3, -0.25) is 4.79 Å². The zero-order valence-electron chi connectivity index (χ0n) is 11.5. The summed E-state index contributed by atoms with van der Waals surface area (Å²) in [4.78, 5) is 14.1. The molecule has 0 aromatic carbocycles. The Labute approximate surface area is 106 Å². The van der Waals surface area contributed by atoms with E-state index in [9.17, 15) is 4.79 Å². The molecule has 1 aliphatic heterocycles. The summed E-state index contributed by atoms with van der Waals surface area (Å²) in [7, 11) is 0. The summed E-state index contributed by atoms with van der Waals surface area (Å²) in [6.45, 7) is 7.14. The minimum absolute atomic E-state index is 0.354. The van der Waals surface area contributed by atoms with Crippen molar-refractivity contribution in [1.82, 2.24) is 4.90 Å². The monoisotopic (exact) mass is 240 g/mol. The van der Waals surface area contributed by atoms with E-state index >= 15 is 0 Å². The fourth-order valence-electron chi connectivity index (χ4n) is 2.53. The van der Waals surface area contributed by atoms with Gasteiger partial charge in [-0.25, -0.2) is 0 Å². The highest BCUT2D eigenvalue weighted by Gasteiger charge is 2.20. The Morgan fingerprint density at radius 3 is 2.53 bits per heavy atom. The lowest BCUT2D eigenvalue weighted by molar-refractivity contribution is -0.132. The van der Waals surface area contributed by atoms with E-state index in [0.717, 1.165) is 44.8 Å². The molecule has 0 radical (unpaired) electrons. The average Bonchev–Trinajstić information content (AvgIpc) is 2.35. The number of nitrogens with zero attached hydrogens (tertiary/aromatic N) is 1. The van der Waals surface area contributed by atoms with Crippen LogP contribution in [0, 0.1) is 11.8 Å². The van der Waals surface area contributed by atoms with E-state index in [1.54, 1.807) is 0 Å². The number of rotatable bonds is 6. The molecule has 0 saturated carbocycles. The molecule has 1 aliphatic rings. The zero-order chi connectivity index (χ0) is 12.7. The summed E-state index contributed by atoms with van der Waals surface area (Å²) < 4.78 is 0. The van der Waals surface area contributed by atoms with E-state index < -0.39 is 0 Å².